The van der Waals surface area contributed by atoms with E-state index in [2.05, 4.69) is 12.2 Å². The van der Waals surface area contributed by atoms with E-state index >= 15 is 0 Å². The fourth-order valence-corrected chi connectivity index (χ4v) is 3.03. The van der Waals surface area contributed by atoms with Crippen molar-refractivity contribution < 1.29 is 4.79 Å². The summed E-state index contributed by atoms with van der Waals surface area (Å²) < 4.78 is 1.56. The zero-order chi connectivity index (χ0) is 15.5. The lowest BCUT2D eigenvalue weighted by atomic mass is 10.1. The van der Waals surface area contributed by atoms with Crippen LogP contribution in [0.3, 0.4) is 0 Å². The summed E-state index contributed by atoms with van der Waals surface area (Å²) in [7, 11) is 0. The van der Waals surface area contributed by atoms with Crippen LogP contribution in [0.5, 0.6) is 0 Å². The number of hydrogen-bond donors (Lipinski definition) is 1. The zero-order valence-corrected chi connectivity index (χ0v) is 12.7. The number of pyridine rings is 1. The van der Waals surface area contributed by atoms with Gasteiger partial charge in [0.1, 0.15) is 0 Å². The third-order valence-corrected chi connectivity index (χ3v) is 4.41. The Labute approximate surface area is 129 Å². The molecule has 0 radical (unpaired) electrons. The minimum Gasteiger partial charge on any atom is -0.349 e. The van der Waals surface area contributed by atoms with Crippen LogP contribution in [0.15, 0.2) is 53.5 Å². The normalized spacial score (nSPS) is 20.8. The molecule has 1 fully saturated rings. The van der Waals surface area contributed by atoms with Gasteiger partial charge >= 0.3 is 0 Å². The first-order valence-electron chi connectivity index (χ1n) is 7.74. The van der Waals surface area contributed by atoms with E-state index in [1.54, 1.807) is 41.1 Å². The predicted molar refractivity (Wildman–Crippen MR) is 86.3 cm³/mol. The average molecular weight is 296 g/mol. The fourth-order valence-electron chi connectivity index (χ4n) is 3.03. The van der Waals surface area contributed by atoms with Crippen LogP contribution in [0.2, 0.25) is 0 Å². The minimum atomic E-state index is -0.0838. The molecular formula is C18H20N2O2. The van der Waals surface area contributed by atoms with Crippen LogP contribution < -0.4 is 10.9 Å². The second-order valence-corrected chi connectivity index (χ2v) is 5.94. The van der Waals surface area contributed by atoms with Crippen molar-refractivity contribution in [3.8, 4) is 5.69 Å². The number of carbonyl (C=O) groups excluding carboxylic acids is 1. The Morgan fingerprint density at radius 3 is 2.55 bits per heavy atom. The first-order valence-corrected chi connectivity index (χ1v) is 7.74. The lowest BCUT2D eigenvalue weighted by molar-refractivity contribution is 0.0929. The predicted octanol–water partition coefficient (Wildman–Crippen LogP) is 2.76. The molecule has 2 atom stereocenters. The van der Waals surface area contributed by atoms with Gasteiger partial charge in [0.05, 0.1) is 0 Å². The molecule has 1 saturated carbocycles. The molecule has 0 bridgehead atoms. The van der Waals surface area contributed by atoms with Gasteiger partial charge in [0.25, 0.3) is 11.5 Å². The standard InChI is InChI=1S/C18H20N2O2/c1-13-5-4-6-16(13)19-18(22)14-8-10-15(11-9-14)20-12-3-2-7-17(20)21/h2-3,7-13,16H,4-6H2,1H3,(H,19,22)/t13-,16+/m1/s1. The van der Waals surface area contributed by atoms with E-state index in [0.717, 1.165) is 12.1 Å². The molecule has 1 heterocycles. The quantitative estimate of drug-likeness (QED) is 0.947. The fraction of sp³-hybridized carbons (Fsp3) is 0.333. The SMILES string of the molecule is C[C@@H]1CCC[C@@H]1NC(=O)c1ccc(-n2ccccc2=O)cc1. The molecule has 22 heavy (non-hydrogen) atoms. The van der Waals surface area contributed by atoms with Crippen LogP contribution >= 0.6 is 0 Å². The molecule has 1 aromatic heterocycles. The van der Waals surface area contributed by atoms with Crippen molar-refractivity contribution in [2.24, 2.45) is 5.92 Å². The van der Waals surface area contributed by atoms with Gasteiger partial charge < -0.3 is 5.32 Å². The first kappa shape index (κ1) is 14.6. The van der Waals surface area contributed by atoms with Crippen molar-refractivity contribution in [2.45, 2.75) is 32.2 Å². The Bertz CT molecular complexity index is 718. The number of nitrogens with zero attached hydrogens (tertiary/aromatic N) is 1. The molecule has 1 N–H and O–H groups in total. The van der Waals surface area contributed by atoms with Crippen molar-refractivity contribution in [2.75, 3.05) is 0 Å². The van der Waals surface area contributed by atoms with Crippen molar-refractivity contribution in [3.63, 3.8) is 0 Å². The van der Waals surface area contributed by atoms with Crippen LogP contribution in [0, 0.1) is 5.92 Å². The van der Waals surface area contributed by atoms with Crippen molar-refractivity contribution in [1.82, 2.24) is 9.88 Å². The van der Waals surface area contributed by atoms with E-state index in [4.69, 9.17) is 0 Å². The smallest absolute Gasteiger partial charge is 0.255 e. The molecule has 4 nitrogen and oxygen atoms in total. The summed E-state index contributed by atoms with van der Waals surface area (Å²) >= 11 is 0. The van der Waals surface area contributed by atoms with Gasteiger partial charge in [-0.05, 0) is 49.1 Å². The third-order valence-electron chi connectivity index (χ3n) is 4.41. The number of carbonyl (C=O) groups is 1. The second kappa shape index (κ2) is 6.18. The van der Waals surface area contributed by atoms with E-state index in [-0.39, 0.29) is 17.5 Å². The maximum absolute atomic E-state index is 12.3. The molecule has 1 aliphatic carbocycles. The highest BCUT2D eigenvalue weighted by Crippen LogP contribution is 2.25. The molecule has 0 spiro atoms. The molecule has 3 rings (SSSR count). The molecular weight excluding hydrogens is 276 g/mol. The molecule has 0 unspecified atom stereocenters. The third kappa shape index (κ3) is 2.96. The summed E-state index contributed by atoms with van der Waals surface area (Å²) in [5, 5.41) is 3.11. The largest absolute Gasteiger partial charge is 0.349 e. The van der Waals surface area contributed by atoms with Gasteiger partial charge in [-0.15, -0.1) is 0 Å². The summed E-state index contributed by atoms with van der Waals surface area (Å²) in [6.45, 7) is 2.18. The maximum atomic E-state index is 12.3. The van der Waals surface area contributed by atoms with Crippen molar-refractivity contribution in [3.05, 3.63) is 64.6 Å². The summed E-state index contributed by atoms with van der Waals surface area (Å²) in [6, 6.07) is 12.5. The van der Waals surface area contributed by atoms with E-state index in [0.29, 0.717) is 11.5 Å². The molecule has 0 saturated heterocycles. The Kier molecular flexibility index (Phi) is 4.09. The monoisotopic (exact) mass is 296 g/mol. The minimum absolute atomic E-state index is 0.0364. The van der Waals surface area contributed by atoms with Gasteiger partial charge in [-0.25, -0.2) is 0 Å². The van der Waals surface area contributed by atoms with Crippen LogP contribution in [-0.2, 0) is 0 Å². The van der Waals surface area contributed by atoms with Gasteiger partial charge in [-0.2, -0.15) is 0 Å². The van der Waals surface area contributed by atoms with Gasteiger partial charge in [-0.3, -0.25) is 14.2 Å². The molecule has 114 valence electrons. The molecule has 1 amide bonds. The van der Waals surface area contributed by atoms with Crippen LogP contribution in [0.25, 0.3) is 5.69 Å². The summed E-state index contributed by atoms with van der Waals surface area (Å²) in [5.41, 5.74) is 1.31. The van der Waals surface area contributed by atoms with Crippen LogP contribution in [-0.4, -0.2) is 16.5 Å². The number of rotatable bonds is 3. The average Bonchev–Trinajstić information content (AvgIpc) is 2.93. The Balaban J connectivity index is 1.75. The first-order chi connectivity index (χ1) is 10.6. The highest BCUT2D eigenvalue weighted by Gasteiger charge is 2.24. The van der Waals surface area contributed by atoms with E-state index in [9.17, 15) is 9.59 Å². The van der Waals surface area contributed by atoms with E-state index in [1.165, 1.54) is 18.9 Å². The van der Waals surface area contributed by atoms with Crippen molar-refractivity contribution in [1.29, 1.82) is 0 Å². The van der Waals surface area contributed by atoms with Crippen LogP contribution in [0.4, 0.5) is 0 Å². The van der Waals surface area contributed by atoms with Gasteiger partial charge in [-0.1, -0.05) is 19.4 Å². The second-order valence-electron chi connectivity index (χ2n) is 5.94. The number of amides is 1. The summed E-state index contributed by atoms with van der Waals surface area (Å²) in [6.07, 6.45) is 5.14. The molecule has 1 aliphatic rings. The van der Waals surface area contributed by atoms with E-state index < -0.39 is 0 Å². The lowest BCUT2D eigenvalue weighted by Gasteiger charge is -2.17. The topological polar surface area (TPSA) is 51.1 Å². The summed E-state index contributed by atoms with van der Waals surface area (Å²) in [5.74, 6) is 0.511. The van der Waals surface area contributed by atoms with Gasteiger partial charge in [0.2, 0.25) is 0 Å². The maximum Gasteiger partial charge on any atom is 0.255 e. The Hall–Kier alpha value is -2.36. The van der Waals surface area contributed by atoms with Crippen LogP contribution in [0.1, 0.15) is 36.5 Å². The Morgan fingerprint density at radius 2 is 1.91 bits per heavy atom. The zero-order valence-electron chi connectivity index (χ0n) is 12.7. The number of aromatic nitrogens is 1. The molecule has 1 aromatic carbocycles. The number of benzene rings is 1. The van der Waals surface area contributed by atoms with Gasteiger partial charge in [0, 0.05) is 29.6 Å². The number of hydrogen-bond acceptors (Lipinski definition) is 2. The lowest BCUT2D eigenvalue weighted by Crippen LogP contribution is -2.36. The summed E-state index contributed by atoms with van der Waals surface area (Å²) in [4.78, 5) is 24.1. The van der Waals surface area contributed by atoms with Gasteiger partial charge in [0.15, 0.2) is 0 Å². The van der Waals surface area contributed by atoms with Crippen molar-refractivity contribution >= 4 is 5.91 Å². The Morgan fingerprint density at radius 1 is 1.14 bits per heavy atom. The molecule has 2 aromatic rings. The highest BCUT2D eigenvalue weighted by molar-refractivity contribution is 5.94. The molecule has 4 heteroatoms. The molecule has 0 aliphatic heterocycles. The highest BCUT2D eigenvalue weighted by atomic mass is 16.1. The number of nitrogens with one attached hydrogen (secondary N) is 1. The van der Waals surface area contributed by atoms with E-state index in [1.807, 2.05) is 6.07 Å².